The fourth-order valence-corrected chi connectivity index (χ4v) is 5.04. The van der Waals surface area contributed by atoms with Crippen LogP contribution in [0.3, 0.4) is 0 Å². The van der Waals surface area contributed by atoms with Gasteiger partial charge in [-0.05, 0) is 77.3 Å². The van der Waals surface area contributed by atoms with Crippen molar-refractivity contribution in [3.8, 4) is 17.2 Å². The second kappa shape index (κ2) is 10.2. The topological polar surface area (TPSA) is 80.9 Å². The molecule has 0 saturated carbocycles. The molecule has 36 heavy (non-hydrogen) atoms. The normalized spacial score (nSPS) is 19.1. The number of hydrogen-bond donors (Lipinski definition) is 2. The maximum Gasteiger partial charge on any atom is 0.416 e. The summed E-state index contributed by atoms with van der Waals surface area (Å²) in [7, 11) is 2.86. The molecule has 1 aliphatic carbocycles. The lowest BCUT2D eigenvalue weighted by Gasteiger charge is -2.22. The molecule has 3 unspecified atom stereocenters. The summed E-state index contributed by atoms with van der Waals surface area (Å²) < 4.78 is 56.3. The lowest BCUT2D eigenvalue weighted by Crippen LogP contribution is -2.25. The van der Waals surface area contributed by atoms with Crippen molar-refractivity contribution in [2.75, 3.05) is 14.2 Å². The highest BCUT2D eigenvalue weighted by Gasteiger charge is 2.41. The highest BCUT2D eigenvalue weighted by molar-refractivity contribution is 5.77. The van der Waals surface area contributed by atoms with Crippen molar-refractivity contribution < 1.29 is 37.0 Å². The van der Waals surface area contributed by atoms with E-state index in [2.05, 4.69) is 5.32 Å². The summed E-state index contributed by atoms with van der Waals surface area (Å²) in [5, 5.41) is 13.0. The van der Waals surface area contributed by atoms with E-state index in [1.165, 1.54) is 32.6 Å². The van der Waals surface area contributed by atoms with Crippen LogP contribution < -0.4 is 14.8 Å². The Morgan fingerprint density at radius 1 is 1.06 bits per heavy atom. The van der Waals surface area contributed by atoms with Crippen molar-refractivity contribution in [2.24, 2.45) is 5.92 Å². The van der Waals surface area contributed by atoms with Crippen molar-refractivity contribution in [1.82, 2.24) is 5.32 Å². The van der Waals surface area contributed by atoms with Crippen molar-refractivity contribution >= 4 is 5.91 Å². The number of hydrogen-bond acceptors (Lipinski definition) is 5. The van der Waals surface area contributed by atoms with Crippen molar-refractivity contribution in [3.63, 3.8) is 0 Å². The number of aromatic hydroxyl groups is 1. The van der Waals surface area contributed by atoms with Gasteiger partial charge in [-0.2, -0.15) is 13.2 Å². The van der Waals surface area contributed by atoms with Crippen LogP contribution >= 0.6 is 0 Å². The summed E-state index contributed by atoms with van der Waals surface area (Å²) in [5.74, 6) is 0.0333. The number of amides is 1. The molecule has 1 aliphatic rings. The molecular formula is C27H28F3NO5. The van der Waals surface area contributed by atoms with E-state index >= 15 is 0 Å². The molecule has 0 spiro atoms. The van der Waals surface area contributed by atoms with Crippen LogP contribution in [0.15, 0.2) is 53.1 Å². The van der Waals surface area contributed by atoms with E-state index in [-0.39, 0.29) is 48.0 Å². The second-order valence-electron chi connectivity index (χ2n) is 9.03. The van der Waals surface area contributed by atoms with Gasteiger partial charge >= 0.3 is 6.18 Å². The number of benzene rings is 2. The van der Waals surface area contributed by atoms with Crippen molar-refractivity contribution in [2.45, 2.75) is 44.3 Å². The van der Waals surface area contributed by atoms with E-state index in [0.29, 0.717) is 17.7 Å². The molecule has 9 heteroatoms. The Morgan fingerprint density at radius 2 is 1.75 bits per heavy atom. The largest absolute Gasteiger partial charge is 0.502 e. The number of halogens is 3. The van der Waals surface area contributed by atoms with Crippen LogP contribution in [-0.2, 0) is 23.9 Å². The summed E-state index contributed by atoms with van der Waals surface area (Å²) in [4.78, 5) is 12.8. The van der Waals surface area contributed by atoms with Gasteiger partial charge in [0.05, 0.1) is 32.6 Å². The number of alkyl halides is 3. The van der Waals surface area contributed by atoms with E-state index in [9.17, 15) is 23.1 Å². The van der Waals surface area contributed by atoms with Crippen LogP contribution in [0.5, 0.6) is 17.2 Å². The zero-order valence-electron chi connectivity index (χ0n) is 20.2. The standard InChI is InChI=1S/C27H28F3NO5/c1-15-20(9-16-10-23(34-2)26(33)24(11-16)35-3)19-7-6-17(27(28,29)30)12-22(19)21(15)13-25(32)31-14-18-5-4-8-36-18/h4-8,10-12,15,20-21,33H,9,13-14H2,1-3H3,(H,31,32). The Bertz CT molecular complexity index is 1200. The second-order valence-corrected chi connectivity index (χ2v) is 9.03. The number of phenols is 1. The first-order valence-electron chi connectivity index (χ1n) is 11.6. The molecule has 0 radical (unpaired) electrons. The van der Waals surface area contributed by atoms with Crippen LogP contribution in [0, 0.1) is 5.92 Å². The molecule has 0 aliphatic heterocycles. The molecule has 4 rings (SSSR count). The lowest BCUT2D eigenvalue weighted by molar-refractivity contribution is -0.137. The molecule has 0 fully saturated rings. The van der Waals surface area contributed by atoms with Crippen LogP contribution in [0.1, 0.15) is 53.2 Å². The summed E-state index contributed by atoms with van der Waals surface area (Å²) in [6.07, 6.45) is -2.46. The minimum absolute atomic E-state index is 0.0505. The van der Waals surface area contributed by atoms with Crippen LogP contribution in [-0.4, -0.2) is 25.2 Å². The minimum atomic E-state index is -4.49. The highest BCUT2D eigenvalue weighted by atomic mass is 19.4. The molecule has 1 heterocycles. The van der Waals surface area contributed by atoms with Gasteiger partial charge in [0, 0.05) is 6.42 Å². The van der Waals surface area contributed by atoms with Crippen LogP contribution in [0.25, 0.3) is 0 Å². The first-order chi connectivity index (χ1) is 17.1. The van der Waals surface area contributed by atoms with Gasteiger partial charge in [0.1, 0.15) is 5.76 Å². The number of fused-ring (bicyclic) bond motifs is 1. The van der Waals surface area contributed by atoms with Gasteiger partial charge in [-0.1, -0.05) is 13.0 Å². The zero-order valence-corrected chi connectivity index (χ0v) is 20.2. The third kappa shape index (κ3) is 5.15. The summed E-state index contributed by atoms with van der Waals surface area (Å²) in [6.45, 7) is 2.16. The Hall–Kier alpha value is -3.62. The van der Waals surface area contributed by atoms with Gasteiger partial charge in [-0.3, -0.25) is 4.79 Å². The van der Waals surface area contributed by atoms with Crippen molar-refractivity contribution in [1.29, 1.82) is 0 Å². The molecule has 2 N–H and O–H groups in total. The van der Waals surface area contributed by atoms with Crippen LogP contribution in [0.2, 0.25) is 0 Å². The molecule has 1 aromatic heterocycles. The van der Waals surface area contributed by atoms with Gasteiger partial charge in [-0.25, -0.2) is 0 Å². The molecule has 0 saturated heterocycles. The smallest absolute Gasteiger partial charge is 0.416 e. The summed E-state index contributed by atoms with van der Waals surface area (Å²) >= 11 is 0. The quantitative estimate of drug-likeness (QED) is 0.407. The SMILES string of the molecule is COc1cc(CC2c3ccc(C(F)(F)F)cc3C(CC(=O)NCc3ccco3)C2C)cc(OC)c1O. The van der Waals surface area contributed by atoms with Crippen molar-refractivity contribution in [3.05, 3.63) is 76.7 Å². The number of carbonyl (C=O) groups is 1. The number of nitrogens with one attached hydrogen (secondary N) is 1. The van der Waals surface area contributed by atoms with E-state index < -0.39 is 17.7 Å². The van der Waals surface area contributed by atoms with Gasteiger partial charge in [0.15, 0.2) is 11.5 Å². The molecular weight excluding hydrogens is 475 g/mol. The molecule has 192 valence electrons. The Kier molecular flexibility index (Phi) is 7.19. The first kappa shape index (κ1) is 25.5. The third-order valence-corrected chi connectivity index (χ3v) is 6.92. The van der Waals surface area contributed by atoms with E-state index in [0.717, 1.165) is 17.2 Å². The number of phenolic OH excluding ortho intramolecular Hbond substituents is 1. The highest BCUT2D eigenvalue weighted by Crippen LogP contribution is 2.51. The fraction of sp³-hybridized carbons (Fsp3) is 0.370. The number of carbonyl (C=O) groups excluding carboxylic acids is 1. The summed E-state index contributed by atoms with van der Waals surface area (Å²) in [5.41, 5.74) is 1.38. The molecule has 3 aromatic rings. The van der Waals surface area contributed by atoms with Gasteiger partial charge in [-0.15, -0.1) is 0 Å². The average Bonchev–Trinajstić information content (AvgIpc) is 3.45. The van der Waals surface area contributed by atoms with E-state index in [1.54, 1.807) is 24.3 Å². The molecule has 1 amide bonds. The summed E-state index contributed by atoms with van der Waals surface area (Å²) in [6, 6.07) is 10.6. The van der Waals surface area contributed by atoms with Gasteiger partial charge in [0.2, 0.25) is 11.7 Å². The number of methoxy groups -OCH3 is 2. The molecule has 3 atom stereocenters. The van der Waals surface area contributed by atoms with Crippen LogP contribution in [0.4, 0.5) is 13.2 Å². The molecule has 0 bridgehead atoms. The Balaban J connectivity index is 1.64. The Morgan fingerprint density at radius 3 is 2.33 bits per heavy atom. The monoisotopic (exact) mass is 503 g/mol. The third-order valence-electron chi connectivity index (χ3n) is 6.92. The number of furan rings is 1. The maximum atomic E-state index is 13.5. The van der Waals surface area contributed by atoms with Gasteiger partial charge in [0.25, 0.3) is 0 Å². The number of ether oxygens (including phenoxy) is 2. The van der Waals surface area contributed by atoms with E-state index in [4.69, 9.17) is 13.9 Å². The zero-order chi connectivity index (χ0) is 26.0. The predicted octanol–water partition coefficient (Wildman–Crippen LogP) is 5.79. The average molecular weight is 504 g/mol. The Labute approximate surface area is 207 Å². The molecule has 2 aromatic carbocycles. The van der Waals surface area contributed by atoms with Gasteiger partial charge < -0.3 is 24.3 Å². The molecule has 6 nitrogen and oxygen atoms in total. The predicted molar refractivity (Wildman–Crippen MR) is 126 cm³/mol. The minimum Gasteiger partial charge on any atom is -0.502 e. The van der Waals surface area contributed by atoms with E-state index in [1.807, 2.05) is 6.92 Å². The maximum absolute atomic E-state index is 13.5. The lowest BCUT2D eigenvalue weighted by atomic mass is 9.83. The fourth-order valence-electron chi connectivity index (χ4n) is 5.04. The number of rotatable bonds is 8. The first-order valence-corrected chi connectivity index (χ1v) is 11.6.